The molecular weight excluding hydrogens is 493 g/mol. The molecule has 2 unspecified atom stereocenters. The number of hydrogen-bond donors (Lipinski definition) is 2. The molecule has 0 radical (unpaired) electrons. The summed E-state index contributed by atoms with van der Waals surface area (Å²) in [5, 5.41) is 0. The fourth-order valence-corrected chi connectivity index (χ4v) is 3.58. The zero-order valence-electron chi connectivity index (χ0n) is 22.7. The third-order valence-electron chi connectivity index (χ3n) is 4.75. The molecule has 0 bridgehead atoms. The number of esters is 1. The topological polar surface area (TPSA) is 117 Å². The van der Waals surface area contributed by atoms with Crippen LogP contribution in [0.4, 0.5) is 0 Å². The van der Waals surface area contributed by atoms with Gasteiger partial charge in [-0.15, -0.1) is 0 Å². The fourth-order valence-electron chi connectivity index (χ4n) is 2.82. The summed E-state index contributed by atoms with van der Waals surface area (Å²) in [5.74, 6) is -0.439. The van der Waals surface area contributed by atoms with Gasteiger partial charge in [0.1, 0.15) is 6.10 Å². The van der Waals surface area contributed by atoms with Crippen molar-refractivity contribution in [1.82, 2.24) is 0 Å². The smallest absolute Gasteiger partial charge is 0.457 e. The number of carbonyl (C=O) groups excluding carboxylic acids is 1. The molecular formula is C28H48NO7P. The first kappa shape index (κ1) is 35.2. The standard InChI is InChI=1S/C28H48NO7P/c1-3-5-6-7-8-9-10-11-12-13-14-15-16-17-18-19-20-21-23-33-25-27(36-28(30)4-2)26-35-37(31,32)34-24-22-29/h5-6,8-9,11-12,14-15,17-18,27H,3-4,7,10,13,16,19-26,29H2,1-2H3,(H,31,32)/b6-5-,9-8-,12-11-,15-14-,18-17-. The Morgan fingerprint density at radius 1 is 0.811 bits per heavy atom. The maximum Gasteiger partial charge on any atom is 0.472 e. The Bertz CT molecular complexity index is 747. The average Bonchev–Trinajstić information content (AvgIpc) is 2.89. The van der Waals surface area contributed by atoms with Crippen molar-refractivity contribution in [3.63, 3.8) is 0 Å². The highest BCUT2D eigenvalue weighted by Gasteiger charge is 2.24. The van der Waals surface area contributed by atoms with Crippen LogP contribution in [0.25, 0.3) is 0 Å². The molecule has 0 fully saturated rings. The van der Waals surface area contributed by atoms with Gasteiger partial charge in [0.05, 0.1) is 19.8 Å². The van der Waals surface area contributed by atoms with Crippen molar-refractivity contribution in [3.05, 3.63) is 60.8 Å². The zero-order valence-corrected chi connectivity index (χ0v) is 23.6. The molecule has 0 saturated carbocycles. The summed E-state index contributed by atoms with van der Waals surface area (Å²) in [7, 11) is -4.24. The second kappa shape index (κ2) is 25.8. The predicted molar refractivity (Wildman–Crippen MR) is 150 cm³/mol. The Balaban J connectivity index is 3.91. The van der Waals surface area contributed by atoms with Crippen LogP contribution < -0.4 is 5.73 Å². The monoisotopic (exact) mass is 541 g/mol. The first-order valence-electron chi connectivity index (χ1n) is 13.3. The summed E-state index contributed by atoms with van der Waals surface area (Å²) in [6.45, 7) is 4.05. The first-order valence-corrected chi connectivity index (χ1v) is 14.8. The maximum atomic E-state index is 11.7. The predicted octanol–water partition coefficient (Wildman–Crippen LogP) is 6.34. The van der Waals surface area contributed by atoms with Crippen molar-refractivity contribution in [2.24, 2.45) is 5.73 Å². The van der Waals surface area contributed by atoms with Crippen LogP contribution >= 0.6 is 7.82 Å². The average molecular weight is 542 g/mol. The minimum absolute atomic E-state index is 0.0737. The van der Waals surface area contributed by atoms with Crippen LogP contribution in [0.2, 0.25) is 0 Å². The summed E-state index contributed by atoms with van der Waals surface area (Å²) in [6, 6.07) is 0. The summed E-state index contributed by atoms with van der Waals surface area (Å²) in [4.78, 5) is 21.2. The number of nitrogens with two attached hydrogens (primary N) is 1. The van der Waals surface area contributed by atoms with E-state index in [9.17, 15) is 14.3 Å². The second-order valence-corrected chi connectivity index (χ2v) is 9.58. The molecule has 0 heterocycles. The van der Waals surface area contributed by atoms with E-state index < -0.39 is 19.9 Å². The van der Waals surface area contributed by atoms with Gasteiger partial charge in [-0.3, -0.25) is 13.8 Å². The van der Waals surface area contributed by atoms with Crippen LogP contribution in [0.3, 0.4) is 0 Å². The SMILES string of the molecule is CC/C=C\C/C=C\C/C=C\C/C=C\C/C=C\CCCCOCC(COP(=O)(O)OCCN)OC(=O)CC. The highest BCUT2D eigenvalue weighted by atomic mass is 31.2. The molecule has 0 aromatic heterocycles. The van der Waals surface area contributed by atoms with Gasteiger partial charge in [0.15, 0.2) is 0 Å². The summed E-state index contributed by atoms with van der Waals surface area (Å²) in [5.41, 5.74) is 5.25. The number of phosphoric ester groups is 1. The molecule has 9 heteroatoms. The van der Waals surface area contributed by atoms with Gasteiger partial charge in [0, 0.05) is 19.6 Å². The molecule has 37 heavy (non-hydrogen) atoms. The van der Waals surface area contributed by atoms with Gasteiger partial charge in [-0.25, -0.2) is 4.57 Å². The molecule has 0 aliphatic heterocycles. The van der Waals surface area contributed by atoms with Crippen LogP contribution in [0.15, 0.2) is 60.8 Å². The van der Waals surface area contributed by atoms with E-state index in [1.54, 1.807) is 6.92 Å². The second-order valence-electron chi connectivity index (χ2n) is 8.13. The lowest BCUT2D eigenvalue weighted by molar-refractivity contribution is -0.154. The van der Waals surface area contributed by atoms with Crippen LogP contribution in [-0.4, -0.2) is 49.9 Å². The Hall–Kier alpha value is -1.80. The van der Waals surface area contributed by atoms with Crippen LogP contribution in [0, 0.1) is 0 Å². The quantitative estimate of drug-likeness (QED) is 0.0629. The van der Waals surface area contributed by atoms with Gasteiger partial charge in [-0.05, 0) is 51.4 Å². The molecule has 2 atom stereocenters. The van der Waals surface area contributed by atoms with E-state index >= 15 is 0 Å². The van der Waals surface area contributed by atoms with Crippen molar-refractivity contribution in [1.29, 1.82) is 0 Å². The molecule has 0 aliphatic carbocycles. The fraction of sp³-hybridized carbons (Fsp3) is 0.607. The Labute approximate surface area is 223 Å². The van der Waals surface area contributed by atoms with Crippen molar-refractivity contribution >= 4 is 13.8 Å². The van der Waals surface area contributed by atoms with Gasteiger partial charge in [-0.1, -0.05) is 74.6 Å². The van der Waals surface area contributed by atoms with Crippen molar-refractivity contribution in [3.8, 4) is 0 Å². The summed E-state index contributed by atoms with van der Waals surface area (Å²) in [6.07, 6.45) is 28.9. The highest BCUT2D eigenvalue weighted by molar-refractivity contribution is 7.47. The number of hydrogen-bond acceptors (Lipinski definition) is 7. The van der Waals surface area contributed by atoms with Gasteiger partial charge in [-0.2, -0.15) is 0 Å². The molecule has 0 spiro atoms. The van der Waals surface area contributed by atoms with E-state index in [1.807, 2.05) is 0 Å². The van der Waals surface area contributed by atoms with E-state index in [4.69, 9.17) is 19.7 Å². The van der Waals surface area contributed by atoms with Gasteiger partial charge >= 0.3 is 13.8 Å². The van der Waals surface area contributed by atoms with E-state index in [0.29, 0.717) is 6.61 Å². The zero-order chi connectivity index (χ0) is 27.5. The lowest BCUT2D eigenvalue weighted by atomic mass is 10.2. The molecule has 0 aliphatic rings. The Kier molecular flexibility index (Phi) is 24.6. The Morgan fingerprint density at radius 2 is 1.38 bits per heavy atom. The molecule has 0 aromatic rings. The molecule has 8 nitrogen and oxygen atoms in total. The van der Waals surface area contributed by atoms with Gasteiger partial charge in [0.2, 0.25) is 0 Å². The molecule has 0 saturated heterocycles. The van der Waals surface area contributed by atoms with Crippen molar-refractivity contribution in [2.75, 3.05) is 33.0 Å². The summed E-state index contributed by atoms with van der Waals surface area (Å²) < 4.78 is 32.1. The number of allylic oxidation sites excluding steroid dienone is 10. The number of ether oxygens (including phenoxy) is 2. The molecule has 0 rings (SSSR count). The first-order chi connectivity index (χ1) is 17.9. The number of unbranched alkanes of at least 4 members (excludes halogenated alkanes) is 2. The van der Waals surface area contributed by atoms with Crippen LogP contribution in [0.1, 0.15) is 71.6 Å². The molecule has 3 N–H and O–H groups in total. The maximum absolute atomic E-state index is 11.7. The Morgan fingerprint density at radius 3 is 1.92 bits per heavy atom. The third-order valence-corrected chi connectivity index (χ3v) is 5.74. The van der Waals surface area contributed by atoms with Crippen molar-refractivity contribution in [2.45, 2.75) is 77.7 Å². The normalized spacial score (nSPS) is 15.0. The molecule has 0 amide bonds. The van der Waals surface area contributed by atoms with Crippen LogP contribution in [0.5, 0.6) is 0 Å². The van der Waals surface area contributed by atoms with E-state index in [2.05, 4.69) is 72.2 Å². The van der Waals surface area contributed by atoms with E-state index in [0.717, 1.165) is 51.4 Å². The third kappa shape index (κ3) is 25.6. The van der Waals surface area contributed by atoms with Crippen molar-refractivity contribution < 1.29 is 32.8 Å². The van der Waals surface area contributed by atoms with Gasteiger partial charge < -0.3 is 20.1 Å². The molecule has 212 valence electrons. The van der Waals surface area contributed by atoms with E-state index in [1.165, 1.54) is 0 Å². The summed E-state index contributed by atoms with van der Waals surface area (Å²) >= 11 is 0. The number of phosphoric acid groups is 1. The lowest BCUT2D eigenvalue weighted by Gasteiger charge is -2.19. The minimum atomic E-state index is -4.24. The lowest BCUT2D eigenvalue weighted by Crippen LogP contribution is -2.28. The largest absolute Gasteiger partial charge is 0.472 e. The molecule has 0 aromatic carbocycles. The highest BCUT2D eigenvalue weighted by Crippen LogP contribution is 2.43. The number of rotatable bonds is 24. The number of carbonyl (C=O) groups is 1. The van der Waals surface area contributed by atoms with Gasteiger partial charge in [0.25, 0.3) is 0 Å². The van der Waals surface area contributed by atoms with E-state index in [-0.39, 0.29) is 32.8 Å². The van der Waals surface area contributed by atoms with Crippen LogP contribution in [-0.2, 0) is 27.9 Å². The minimum Gasteiger partial charge on any atom is -0.457 e.